The fourth-order valence-electron chi connectivity index (χ4n) is 4.25. The van der Waals surface area contributed by atoms with Gasteiger partial charge in [-0.05, 0) is 25.2 Å². The summed E-state index contributed by atoms with van der Waals surface area (Å²) in [6, 6.07) is 0.136. The number of nitrogens with two attached hydrogens (primary N) is 1. The number of aromatic amines is 1. The Morgan fingerprint density at radius 1 is 1.25 bits per heavy atom. The zero-order valence-corrected chi connectivity index (χ0v) is 14.0. The van der Waals surface area contributed by atoms with Crippen LogP contribution in [0.15, 0.2) is 0 Å². The first-order valence-electron chi connectivity index (χ1n) is 8.75. The lowest BCUT2D eigenvalue weighted by Crippen LogP contribution is -2.69. The molecule has 7 unspecified atom stereocenters. The van der Waals surface area contributed by atoms with Crippen LogP contribution in [0.25, 0.3) is 0 Å². The van der Waals surface area contributed by atoms with Crippen LogP contribution in [0.3, 0.4) is 0 Å². The normalized spacial score (nSPS) is 42.7. The molecule has 4 heterocycles. The van der Waals surface area contributed by atoms with Crippen molar-refractivity contribution in [1.29, 1.82) is 0 Å². The molecule has 4 rings (SSSR count). The molecule has 3 aliphatic rings. The van der Waals surface area contributed by atoms with Crippen LogP contribution in [0.4, 0.5) is 0 Å². The molecule has 9 nitrogen and oxygen atoms in total. The summed E-state index contributed by atoms with van der Waals surface area (Å²) in [6.07, 6.45) is 1.76. The van der Waals surface area contributed by atoms with Crippen molar-refractivity contribution in [2.75, 3.05) is 0 Å². The number of ether oxygens (including phenoxy) is 1. The van der Waals surface area contributed by atoms with Crippen LogP contribution >= 0.6 is 0 Å². The van der Waals surface area contributed by atoms with Crippen molar-refractivity contribution in [1.82, 2.24) is 31.3 Å². The van der Waals surface area contributed by atoms with E-state index in [0.29, 0.717) is 24.2 Å². The number of hydrogen-bond acceptors (Lipinski definition) is 8. The highest BCUT2D eigenvalue weighted by Gasteiger charge is 2.51. The Hall–Kier alpha value is -1.42. The van der Waals surface area contributed by atoms with E-state index in [1.54, 1.807) is 0 Å². The zero-order chi connectivity index (χ0) is 16.8. The van der Waals surface area contributed by atoms with Gasteiger partial charge in [-0.1, -0.05) is 19.1 Å². The van der Waals surface area contributed by atoms with E-state index in [0.717, 1.165) is 12.8 Å². The smallest absolute Gasteiger partial charge is 0.180 e. The van der Waals surface area contributed by atoms with Gasteiger partial charge in [0.1, 0.15) is 6.23 Å². The van der Waals surface area contributed by atoms with Crippen molar-refractivity contribution in [3.8, 4) is 0 Å². The number of rotatable bonds is 2. The number of hydrogen-bond donors (Lipinski definition) is 4. The van der Waals surface area contributed by atoms with Gasteiger partial charge in [-0.25, -0.2) is 0 Å². The number of H-pyrrole nitrogens is 1. The molecular formula is C15H25N7O2. The highest BCUT2D eigenvalue weighted by molar-refractivity contribution is 5.88. The van der Waals surface area contributed by atoms with Crippen molar-refractivity contribution in [3.05, 3.63) is 5.82 Å². The van der Waals surface area contributed by atoms with Crippen LogP contribution in [0, 0.1) is 11.8 Å². The average Bonchev–Trinajstić information content (AvgIpc) is 3.08. The Kier molecular flexibility index (Phi) is 4.11. The first-order valence-corrected chi connectivity index (χ1v) is 8.75. The number of nitrogens with one attached hydrogen (secondary N) is 3. The second-order valence-electron chi connectivity index (χ2n) is 7.48. The molecule has 0 amide bonds. The predicted octanol–water partition coefficient (Wildman–Crippen LogP) is -0.752. The minimum atomic E-state index is -0.354. The molecule has 132 valence electrons. The van der Waals surface area contributed by atoms with Crippen molar-refractivity contribution >= 4 is 5.78 Å². The Bertz CT molecular complexity index is 593. The Balaban J connectivity index is 1.53. The number of tetrazole rings is 1. The van der Waals surface area contributed by atoms with Gasteiger partial charge in [-0.2, -0.15) is 5.21 Å². The van der Waals surface area contributed by atoms with Crippen molar-refractivity contribution < 1.29 is 9.53 Å². The number of piperidine rings is 2. The van der Waals surface area contributed by atoms with Gasteiger partial charge >= 0.3 is 0 Å². The van der Waals surface area contributed by atoms with E-state index < -0.39 is 0 Å². The van der Waals surface area contributed by atoms with Crippen LogP contribution < -0.4 is 16.4 Å². The Morgan fingerprint density at radius 2 is 2.08 bits per heavy atom. The van der Waals surface area contributed by atoms with Gasteiger partial charge in [0.2, 0.25) is 0 Å². The maximum Gasteiger partial charge on any atom is 0.180 e. The molecule has 3 fully saturated rings. The minimum absolute atomic E-state index is 0.0739. The van der Waals surface area contributed by atoms with E-state index in [1.807, 2.05) is 0 Å². The second-order valence-corrected chi connectivity index (χ2v) is 7.48. The summed E-state index contributed by atoms with van der Waals surface area (Å²) in [5, 5.41) is 20.9. The summed E-state index contributed by atoms with van der Waals surface area (Å²) >= 11 is 0. The summed E-state index contributed by atoms with van der Waals surface area (Å²) in [5.41, 5.74) is 6.21. The molecule has 5 N–H and O–H groups in total. The van der Waals surface area contributed by atoms with Crippen LogP contribution in [0.1, 0.15) is 44.9 Å². The molecule has 9 heteroatoms. The highest BCUT2D eigenvalue weighted by Crippen LogP contribution is 2.37. The summed E-state index contributed by atoms with van der Waals surface area (Å²) < 4.78 is 6.19. The van der Waals surface area contributed by atoms with Gasteiger partial charge in [0.05, 0.1) is 30.1 Å². The number of ketones is 1. The fraction of sp³-hybridized carbons (Fsp3) is 0.867. The first kappa shape index (κ1) is 16.1. The molecule has 0 aliphatic carbocycles. The van der Waals surface area contributed by atoms with Gasteiger partial charge in [0, 0.05) is 6.04 Å². The first-order chi connectivity index (χ1) is 11.5. The standard InChI is InChI=1S/C15H25N7O2/c1-6(2)9-3-4-10-11(17-9)12(23)7-5-8(14-19-21-22-20-14)13(16)18-15(7)24-10/h6-11,13,15,17-18H,3-5,16H2,1-2H3,(H,19,20,21,22). The molecule has 0 radical (unpaired) electrons. The van der Waals surface area contributed by atoms with Gasteiger partial charge in [0.25, 0.3) is 0 Å². The molecule has 0 spiro atoms. The molecule has 1 aromatic heterocycles. The Labute approximate surface area is 140 Å². The third-order valence-corrected chi connectivity index (χ3v) is 5.68. The molecule has 0 saturated carbocycles. The van der Waals surface area contributed by atoms with Gasteiger partial charge < -0.3 is 15.8 Å². The largest absolute Gasteiger partial charge is 0.357 e. The van der Waals surface area contributed by atoms with E-state index in [2.05, 4.69) is 45.1 Å². The molecule has 1 aromatic rings. The minimum Gasteiger partial charge on any atom is -0.357 e. The van der Waals surface area contributed by atoms with Crippen molar-refractivity contribution in [2.24, 2.45) is 17.6 Å². The number of carbonyl (C=O) groups is 1. The number of fused-ring (bicyclic) bond motifs is 2. The topological polar surface area (TPSA) is 131 Å². The summed E-state index contributed by atoms with van der Waals surface area (Å²) in [7, 11) is 0. The SMILES string of the molecule is CC(C)C1CCC2OC3NC(N)C(c4nn[nH]n4)CC3C(=O)C2N1. The van der Waals surface area contributed by atoms with E-state index in [9.17, 15) is 4.79 Å². The summed E-state index contributed by atoms with van der Waals surface area (Å²) in [5.74, 6) is 0.863. The molecule has 24 heavy (non-hydrogen) atoms. The number of Topliss-reactive ketones (excluding diaryl/α,β-unsaturated/α-hetero) is 1. The van der Waals surface area contributed by atoms with E-state index in [1.165, 1.54) is 0 Å². The van der Waals surface area contributed by atoms with Gasteiger partial charge in [-0.3, -0.25) is 10.1 Å². The lowest BCUT2D eigenvalue weighted by molar-refractivity contribution is -0.170. The summed E-state index contributed by atoms with van der Waals surface area (Å²) in [6.45, 7) is 4.37. The molecule has 3 aliphatic heterocycles. The van der Waals surface area contributed by atoms with E-state index in [-0.39, 0.29) is 42.2 Å². The number of carbonyl (C=O) groups excluding carboxylic acids is 1. The predicted molar refractivity (Wildman–Crippen MR) is 84.6 cm³/mol. The monoisotopic (exact) mass is 335 g/mol. The van der Waals surface area contributed by atoms with Crippen LogP contribution in [-0.2, 0) is 9.53 Å². The second kappa shape index (κ2) is 6.14. The van der Waals surface area contributed by atoms with Crippen LogP contribution in [0.2, 0.25) is 0 Å². The lowest BCUT2D eigenvalue weighted by atomic mass is 9.76. The third kappa shape index (κ3) is 2.65. The van der Waals surface area contributed by atoms with Gasteiger partial charge in [0.15, 0.2) is 11.6 Å². The van der Waals surface area contributed by atoms with Gasteiger partial charge in [-0.15, -0.1) is 10.2 Å². The maximum atomic E-state index is 13.1. The number of nitrogens with zero attached hydrogens (tertiary/aromatic N) is 3. The molecule has 0 bridgehead atoms. The van der Waals surface area contributed by atoms with Crippen molar-refractivity contribution in [3.63, 3.8) is 0 Å². The zero-order valence-electron chi connectivity index (χ0n) is 14.0. The summed E-state index contributed by atoms with van der Waals surface area (Å²) in [4.78, 5) is 13.1. The molecular weight excluding hydrogens is 310 g/mol. The Morgan fingerprint density at radius 3 is 2.79 bits per heavy atom. The fourth-order valence-corrected chi connectivity index (χ4v) is 4.25. The molecule has 0 aromatic carbocycles. The number of aromatic nitrogens is 4. The van der Waals surface area contributed by atoms with Crippen LogP contribution in [-0.4, -0.2) is 57.0 Å². The highest BCUT2D eigenvalue weighted by atomic mass is 16.5. The van der Waals surface area contributed by atoms with E-state index in [4.69, 9.17) is 10.5 Å². The maximum absolute atomic E-state index is 13.1. The van der Waals surface area contributed by atoms with E-state index >= 15 is 0 Å². The lowest BCUT2D eigenvalue weighted by Gasteiger charge is -2.49. The quantitative estimate of drug-likeness (QED) is 0.555. The third-order valence-electron chi connectivity index (χ3n) is 5.68. The van der Waals surface area contributed by atoms with Crippen LogP contribution in [0.5, 0.6) is 0 Å². The molecule has 3 saturated heterocycles. The molecule has 7 atom stereocenters. The van der Waals surface area contributed by atoms with Crippen molar-refractivity contribution in [2.45, 2.75) is 69.6 Å². The average molecular weight is 335 g/mol.